The van der Waals surface area contributed by atoms with Crippen LogP contribution in [0, 0.1) is 6.92 Å². The van der Waals surface area contributed by atoms with E-state index in [4.69, 9.17) is 0 Å². The quantitative estimate of drug-likeness (QED) is 0.668. The molecule has 1 fully saturated rings. The first kappa shape index (κ1) is 18.4. The van der Waals surface area contributed by atoms with Gasteiger partial charge in [0.15, 0.2) is 0 Å². The van der Waals surface area contributed by atoms with E-state index in [2.05, 4.69) is 26.9 Å². The van der Waals surface area contributed by atoms with Crippen molar-refractivity contribution in [2.75, 3.05) is 38.1 Å². The summed E-state index contributed by atoms with van der Waals surface area (Å²) in [4.78, 5) is 34.0. The van der Waals surface area contributed by atoms with Crippen molar-refractivity contribution >= 4 is 11.3 Å². The molecule has 0 aromatic carbocycles. The summed E-state index contributed by atoms with van der Waals surface area (Å²) in [6.07, 6.45) is 2.79. The number of aryl methyl sites for hydroxylation is 1. The molecule has 4 rings (SSSR count). The highest BCUT2D eigenvalue weighted by atomic mass is 16.1. The highest BCUT2D eigenvalue weighted by molar-refractivity contribution is 5.43. The number of aromatic nitrogens is 4. The monoisotopic (exact) mass is 380 g/mol. The first-order valence-electron chi connectivity index (χ1n) is 9.50. The fourth-order valence-electron chi connectivity index (χ4n) is 3.62. The van der Waals surface area contributed by atoms with Crippen LogP contribution in [0.4, 0.5) is 5.69 Å². The van der Waals surface area contributed by atoms with Gasteiger partial charge in [0.1, 0.15) is 5.65 Å². The molecular formula is C20H24N6O2. The Labute approximate surface area is 162 Å². The predicted octanol–water partition coefficient (Wildman–Crippen LogP) is 0.750. The molecule has 0 unspecified atom stereocenters. The van der Waals surface area contributed by atoms with Crippen LogP contribution in [0.25, 0.3) is 5.65 Å². The molecule has 1 aliphatic rings. The Morgan fingerprint density at radius 1 is 1.04 bits per heavy atom. The van der Waals surface area contributed by atoms with E-state index in [0.29, 0.717) is 11.3 Å². The molecule has 0 bridgehead atoms. The molecule has 0 radical (unpaired) electrons. The predicted molar refractivity (Wildman–Crippen MR) is 108 cm³/mol. The third kappa shape index (κ3) is 3.68. The summed E-state index contributed by atoms with van der Waals surface area (Å²) < 4.78 is 2.90. The third-order valence-corrected chi connectivity index (χ3v) is 5.18. The van der Waals surface area contributed by atoms with Crippen LogP contribution in [0.1, 0.15) is 17.8 Å². The van der Waals surface area contributed by atoms with Crippen molar-refractivity contribution in [3.63, 3.8) is 0 Å². The average Bonchev–Trinajstić information content (AvgIpc) is 2.88. The topological polar surface area (TPSA) is 75.7 Å². The minimum atomic E-state index is -0.193. The van der Waals surface area contributed by atoms with Crippen molar-refractivity contribution in [1.29, 1.82) is 0 Å². The maximum Gasteiger partial charge on any atom is 0.269 e. The molecule has 0 amide bonds. The molecule has 0 saturated carbocycles. The van der Waals surface area contributed by atoms with Gasteiger partial charge in [-0.2, -0.15) is 5.10 Å². The van der Waals surface area contributed by atoms with Crippen LogP contribution in [-0.4, -0.2) is 57.3 Å². The highest BCUT2D eigenvalue weighted by Crippen LogP contribution is 2.13. The normalized spacial score (nSPS) is 15.7. The van der Waals surface area contributed by atoms with Crippen molar-refractivity contribution in [3.8, 4) is 0 Å². The summed E-state index contributed by atoms with van der Waals surface area (Å²) in [6, 6.07) is 8.59. The van der Waals surface area contributed by atoms with Crippen LogP contribution in [0.5, 0.6) is 0 Å². The number of nitrogens with zero attached hydrogens (tertiary/aromatic N) is 6. The molecule has 3 aromatic heterocycles. The number of fused-ring (bicyclic) bond motifs is 1. The van der Waals surface area contributed by atoms with E-state index < -0.39 is 0 Å². The van der Waals surface area contributed by atoms with Gasteiger partial charge in [0.25, 0.3) is 11.1 Å². The second kappa shape index (κ2) is 7.55. The Hall–Kier alpha value is -3.00. The molecule has 0 aliphatic carbocycles. The van der Waals surface area contributed by atoms with Gasteiger partial charge in [0.2, 0.25) is 0 Å². The van der Waals surface area contributed by atoms with E-state index in [9.17, 15) is 9.59 Å². The highest BCUT2D eigenvalue weighted by Gasteiger charge is 2.14. The Bertz CT molecular complexity index is 1120. The van der Waals surface area contributed by atoms with Gasteiger partial charge >= 0.3 is 0 Å². The maximum absolute atomic E-state index is 12.6. The molecule has 4 heterocycles. The zero-order chi connectivity index (χ0) is 19.7. The van der Waals surface area contributed by atoms with Crippen LogP contribution in [-0.2, 0) is 6.54 Å². The van der Waals surface area contributed by atoms with E-state index in [1.165, 1.54) is 10.7 Å². The third-order valence-electron chi connectivity index (χ3n) is 5.18. The zero-order valence-electron chi connectivity index (χ0n) is 16.2. The number of pyridine rings is 1. The molecule has 1 saturated heterocycles. The van der Waals surface area contributed by atoms with E-state index in [1.807, 2.05) is 19.1 Å². The lowest BCUT2D eigenvalue weighted by atomic mass is 10.3. The van der Waals surface area contributed by atoms with Crippen LogP contribution in [0.2, 0.25) is 0 Å². The smallest absolute Gasteiger partial charge is 0.269 e. The van der Waals surface area contributed by atoms with Gasteiger partial charge in [-0.1, -0.05) is 6.07 Å². The standard InChI is InChI=1S/C20H24N6O2/c1-15-5-3-6-18-22-16(11-20(28)26(15)18)14-25-19(27)12-17(13-21-25)24-8-4-7-23(2)9-10-24/h3,5-6,11-13H,4,7-10,14H2,1-2H3. The van der Waals surface area contributed by atoms with Crippen molar-refractivity contribution in [1.82, 2.24) is 24.1 Å². The van der Waals surface area contributed by atoms with Crippen LogP contribution in [0.15, 0.2) is 46.1 Å². The van der Waals surface area contributed by atoms with Crippen molar-refractivity contribution < 1.29 is 0 Å². The maximum atomic E-state index is 12.6. The van der Waals surface area contributed by atoms with E-state index >= 15 is 0 Å². The van der Waals surface area contributed by atoms with Gasteiger partial charge in [-0.05, 0) is 39.1 Å². The molecular weight excluding hydrogens is 356 g/mol. The summed E-state index contributed by atoms with van der Waals surface area (Å²) in [5.41, 5.74) is 2.41. The van der Waals surface area contributed by atoms with Crippen molar-refractivity contribution in [3.05, 3.63) is 68.6 Å². The Morgan fingerprint density at radius 3 is 2.71 bits per heavy atom. The first-order valence-corrected chi connectivity index (χ1v) is 9.50. The van der Waals surface area contributed by atoms with E-state index in [-0.39, 0.29) is 17.7 Å². The summed E-state index contributed by atoms with van der Waals surface area (Å²) in [5, 5.41) is 4.33. The molecule has 0 spiro atoms. The average molecular weight is 380 g/mol. The summed E-state index contributed by atoms with van der Waals surface area (Å²) in [6.45, 7) is 5.85. The molecule has 8 nitrogen and oxygen atoms in total. The minimum Gasteiger partial charge on any atom is -0.369 e. The molecule has 3 aromatic rings. The molecule has 28 heavy (non-hydrogen) atoms. The van der Waals surface area contributed by atoms with Gasteiger partial charge in [-0.15, -0.1) is 0 Å². The van der Waals surface area contributed by atoms with Gasteiger partial charge in [0, 0.05) is 37.5 Å². The second-order valence-corrected chi connectivity index (χ2v) is 7.30. The van der Waals surface area contributed by atoms with E-state index in [0.717, 1.165) is 44.0 Å². The summed E-state index contributed by atoms with van der Waals surface area (Å²) in [7, 11) is 2.11. The number of anilines is 1. The van der Waals surface area contributed by atoms with Gasteiger partial charge < -0.3 is 9.80 Å². The number of hydrogen-bond acceptors (Lipinski definition) is 6. The molecule has 146 valence electrons. The Balaban J connectivity index is 1.60. The molecule has 1 aliphatic heterocycles. The number of rotatable bonds is 3. The van der Waals surface area contributed by atoms with Gasteiger partial charge in [-0.25, -0.2) is 9.67 Å². The fraction of sp³-hybridized carbons (Fsp3) is 0.400. The number of hydrogen-bond donors (Lipinski definition) is 0. The minimum absolute atomic E-state index is 0.156. The summed E-state index contributed by atoms with van der Waals surface area (Å²) in [5.74, 6) is 0. The SMILES string of the molecule is Cc1cccc2nc(Cn3ncc(N4CCCN(C)CC4)cc3=O)cc(=O)n12. The molecule has 0 N–H and O–H groups in total. The largest absolute Gasteiger partial charge is 0.369 e. The fourth-order valence-corrected chi connectivity index (χ4v) is 3.62. The van der Waals surface area contributed by atoms with E-state index in [1.54, 1.807) is 22.7 Å². The van der Waals surface area contributed by atoms with Crippen LogP contribution >= 0.6 is 0 Å². The lowest BCUT2D eigenvalue weighted by Crippen LogP contribution is -2.31. The van der Waals surface area contributed by atoms with Crippen LogP contribution < -0.4 is 16.0 Å². The Morgan fingerprint density at radius 2 is 1.89 bits per heavy atom. The van der Waals surface area contributed by atoms with Crippen LogP contribution in [0.3, 0.4) is 0 Å². The van der Waals surface area contributed by atoms with Crippen molar-refractivity contribution in [2.24, 2.45) is 0 Å². The second-order valence-electron chi connectivity index (χ2n) is 7.30. The first-order chi connectivity index (χ1) is 13.5. The zero-order valence-corrected chi connectivity index (χ0v) is 16.2. The molecule has 8 heteroatoms. The van der Waals surface area contributed by atoms with Crippen molar-refractivity contribution in [2.45, 2.75) is 19.9 Å². The van der Waals surface area contributed by atoms with Gasteiger partial charge in [-0.3, -0.25) is 14.0 Å². The number of likely N-dealkylation sites (N-methyl/N-ethyl adjacent to an activating group) is 1. The Kier molecular flexibility index (Phi) is 4.95. The van der Waals surface area contributed by atoms with Gasteiger partial charge in [0.05, 0.1) is 24.1 Å². The lowest BCUT2D eigenvalue weighted by molar-refractivity contribution is 0.360. The molecule has 0 atom stereocenters. The summed E-state index contributed by atoms with van der Waals surface area (Å²) >= 11 is 0. The lowest BCUT2D eigenvalue weighted by Gasteiger charge is -2.22.